The summed E-state index contributed by atoms with van der Waals surface area (Å²) in [5.74, 6) is 0.224. The van der Waals surface area contributed by atoms with E-state index in [4.69, 9.17) is 0 Å². The van der Waals surface area contributed by atoms with Gasteiger partial charge in [0.1, 0.15) is 0 Å². The van der Waals surface area contributed by atoms with Crippen molar-refractivity contribution >= 4 is 25.7 Å². The van der Waals surface area contributed by atoms with Crippen LogP contribution in [-0.4, -0.2) is 46.7 Å². The van der Waals surface area contributed by atoms with Crippen LogP contribution in [0, 0.1) is 16.0 Å². The molecular weight excluding hydrogens is 370 g/mol. The number of sulfonamides is 2. The van der Waals surface area contributed by atoms with Crippen molar-refractivity contribution in [2.75, 3.05) is 20.6 Å². The van der Waals surface area contributed by atoms with E-state index in [1.54, 1.807) is 0 Å². The van der Waals surface area contributed by atoms with Gasteiger partial charge in [-0.3, -0.25) is 10.1 Å². The van der Waals surface area contributed by atoms with E-state index in [1.807, 2.05) is 0 Å². The number of nitro benzene ring substituents is 1. The number of hydrogen-bond donors (Lipinski definition) is 1. The maximum absolute atomic E-state index is 12.4. The van der Waals surface area contributed by atoms with Gasteiger partial charge in [-0.2, -0.15) is 0 Å². The lowest BCUT2D eigenvalue weighted by atomic mass is 10.1. The molecule has 9 nitrogen and oxygen atoms in total. The lowest BCUT2D eigenvalue weighted by Gasteiger charge is -2.14. The van der Waals surface area contributed by atoms with Gasteiger partial charge in [0.05, 0.1) is 9.82 Å². The summed E-state index contributed by atoms with van der Waals surface area (Å²) < 4.78 is 52.4. The zero-order valence-electron chi connectivity index (χ0n) is 14.0. The molecule has 1 N–H and O–H groups in total. The van der Waals surface area contributed by atoms with Gasteiger partial charge in [-0.1, -0.05) is 12.8 Å². The summed E-state index contributed by atoms with van der Waals surface area (Å²) in [6.07, 6.45) is 3.93. The molecule has 2 rings (SSSR count). The fraction of sp³-hybridized carbons (Fsp3) is 0.571. The van der Waals surface area contributed by atoms with Gasteiger partial charge in [0.2, 0.25) is 20.0 Å². The molecule has 1 aliphatic carbocycles. The topological polar surface area (TPSA) is 127 Å². The molecule has 0 aromatic heterocycles. The van der Waals surface area contributed by atoms with E-state index in [0.717, 1.165) is 48.2 Å². The van der Waals surface area contributed by atoms with E-state index in [9.17, 15) is 26.9 Å². The van der Waals surface area contributed by atoms with Crippen LogP contribution in [0.2, 0.25) is 0 Å². The highest BCUT2D eigenvalue weighted by Crippen LogP contribution is 2.29. The molecule has 1 saturated carbocycles. The molecule has 0 spiro atoms. The molecule has 0 unspecified atom stereocenters. The second-order valence-corrected chi connectivity index (χ2v) is 10.1. The van der Waals surface area contributed by atoms with E-state index < -0.39 is 35.6 Å². The lowest BCUT2D eigenvalue weighted by molar-refractivity contribution is -0.388. The normalized spacial score (nSPS) is 16.4. The van der Waals surface area contributed by atoms with Crippen molar-refractivity contribution in [3.8, 4) is 0 Å². The molecule has 0 radical (unpaired) electrons. The predicted octanol–water partition coefficient (Wildman–Crippen LogP) is 1.31. The van der Waals surface area contributed by atoms with Gasteiger partial charge in [0, 0.05) is 26.7 Å². The minimum Gasteiger partial charge on any atom is -0.258 e. The van der Waals surface area contributed by atoms with Crippen LogP contribution in [0.5, 0.6) is 0 Å². The zero-order chi connectivity index (χ0) is 18.8. The van der Waals surface area contributed by atoms with Crippen molar-refractivity contribution in [1.82, 2.24) is 9.03 Å². The molecule has 25 heavy (non-hydrogen) atoms. The molecule has 0 amide bonds. The van der Waals surface area contributed by atoms with Gasteiger partial charge >= 0.3 is 0 Å². The summed E-state index contributed by atoms with van der Waals surface area (Å²) in [5, 5.41) is 11.3. The molecule has 0 bridgehead atoms. The van der Waals surface area contributed by atoms with Crippen molar-refractivity contribution in [3.05, 3.63) is 28.3 Å². The molecule has 1 aliphatic rings. The number of hydrogen-bond acceptors (Lipinski definition) is 6. The second kappa shape index (κ2) is 7.36. The Balaban J connectivity index is 2.38. The summed E-state index contributed by atoms with van der Waals surface area (Å²) in [5.41, 5.74) is -0.762. The first-order valence-corrected chi connectivity index (χ1v) is 10.7. The second-order valence-electron chi connectivity index (χ2n) is 6.18. The van der Waals surface area contributed by atoms with Gasteiger partial charge < -0.3 is 0 Å². The molecule has 11 heteroatoms. The summed E-state index contributed by atoms with van der Waals surface area (Å²) in [6, 6.07) is 2.80. The predicted molar refractivity (Wildman–Crippen MR) is 91.1 cm³/mol. The van der Waals surface area contributed by atoms with E-state index in [0.29, 0.717) is 0 Å². The Morgan fingerprint density at radius 2 is 1.80 bits per heavy atom. The van der Waals surface area contributed by atoms with Gasteiger partial charge in [0.15, 0.2) is 4.90 Å². The Kier molecular flexibility index (Phi) is 5.82. The minimum atomic E-state index is -4.11. The number of nitrogens with zero attached hydrogens (tertiary/aromatic N) is 2. The fourth-order valence-corrected chi connectivity index (χ4v) is 4.95. The van der Waals surface area contributed by atoms with Crippen LogP contribution in [0.3, 0.4) is 0 Å². The highest BCUT2D eigenvalue weighted by atomic mass is 32.2. The minimum absolute atomic E-state index is 0.219. The van der Waals surface area contributed by atoms with Gasteiger partial charge in [-0.15, -0.1) is 0 Å². The first kappa shape index (κ1) is 19.8. The molecule has 1 aromatic carbocycles. The first-order chi connectivity index (χ1) is 11.6. The Morgan fingerprint density at radius 1 is 1.20 bits per heavy atom. The van der Waals surface area contributed by atoms with Crippen molar-refractivity contribution in [2.24, 2.45) is 5.92 Å². The fourth-order valence-electron chi connectivity index (χ4n) is 2.76. The maximum atomic E-state index is 12.4. The molecule has 1 fully saturated rings. The van der Waals surface area contributed by atoms with Crippen molar-refractivity contribution in [1.29, 1.82) is 0 Å². The van der Waals surface area contributed by atoms with Crippen LogP contribution in [0.25, 0.3) is 0 Å². The number of rotatable bonds is 7. The Hall–Kier alpha value is -1.56. The average Bonchev–Trinajstić information content (AvgIpc) is 3.05. The maximum Gasteiger partial charge on any atom is 0.290 e. The summed E-state index contributed by atoms with van der Waals surface area (Å²) in [4.78, 5) is 9.52. The summed E-state index contributed by atoms with van der Waals surface area (Å²) >= 11 is 0. The molecule has 1 aromatic rings. The average molecular weight is 391 g/mol. The van der Waals surface area contributed by atoms with E-state index in [1.165, 1.54) is 14.1 Å². The van der Waals surface area contributed by atoms with E-state index in [2.05, 4.69) is 4.72 Å². The number of benzene rings is 1. The third-order valence-electron chi connectivity index (χ3n) is 4.23. The van der Waals surface area contributed by atoms with Crippen molar-refractivity contribution < 1.29 is 21.8 Å². The molecule has 0 heterocycles. The molecule has 0 aliphatic heterocycles. The van der Waals surface area contributed by atoms with Crippen molar-refractivity contribution in [2.45, 2.75) is 35.5 Å². The van der Waals surface area contributed by atoms with Crippen molar-refractivity contribution in [3.63, 3.8) is 0 Å². The van der Waals surface area contributed by atoms with Gasteiger partial charge in [0.25, 0.3) is 5.69 Å². The van der Waals surface area contributed by atoms with Crippen LogP contribution in [-0.2, 0) is 20.0 Å². The Bertz CT molecular complexity index is 859. The van der Waals surface area contributed by atoms with E-state index >= 15 is 0 Å². The van der Waals surface area contributed by atoms with Crippen LogP contribution < -0.4 is 4.72 Å². The highest BCUT2D eigenvalue weighted by molar-refractivity contribution is 7.90. The van der Waals surface area contributed by atoms with Gasteiger partial charge in [-0.25, -0.2) is 25.9 Å². The summed E-state index contributed by atoms with van der Waals surface area (Å²) in [7, 11) is -5.44. The number of nitro groups is 1. The SMILES string of the molecule is CN(C)S(=O)(=O)c1ccc(S(=O)(=O)NCC2CCCC2)c([N+](=O)[O-])c1. The third kappa shape index (κ3) is 4.35. The van der Waals surface area contributed by atoms with Crippen LogP contribution in [0.4, 0.5) is 5.69 Å². The molecular formula is C14H21N3O6S2. The van der Waals surface area contributed by atoms with Crippen LogP contribution >= 0.6 is 0 Å². The van der Waals surface area contributed by atoms with Gasteiger partial charge in [-0.05, 0) is 30.9 Å². The Morgan fingerprint density at radius 3 is 2.32 bits per heavy atom. The molecule has 140 valence electrons. The number of nitrogens with one attached hydrogen (secondary N) is 1. The highest BCUT2D eigenvalue weighted by Gasteiger charge is 2.30. The molecule has 0 saturated heterocycles. The molecule has 0 atom stereocenters. The largest absolute Gasteiger partial charge is 0.290 e. The zero-order valence-corrected chi connectivity index (χ0v) is 15.6. The quantitative estimate of drug-likeness (QED) is 0.551. The Labute approximate surface area is 147 Å². The third-order valence-corrected chi connectivity index (χ3v) is 7.51. The lowest BCUT2D eigenvalue weighted by Crippen LogP contribution is -2.29. The van der Waals surface area contributed by atoms with Crippen LogP contribution in [0.15, 0.2) is 28.0 Å². The first-order valence-electron chi connectivity index (χ1n) is 7.76. The summed E-state index contributed by atoms with van der Waals surface area (Å²) in [6.45, 7) is 0.219. The van der Waals surface area contributed by atoms with Crippen LogP contribution in [0.1, 0.15) is 25.7 Å². The smallest absolute Gasteiger partial charge is 0.258 e. The monoisotopic (exact) mass is 391 g/mol. The standard InChI is InChI=1S/C14H21N3O6S2/c1-16(2)25(22,23)12-7-8-14(13(9-12)17(18)19)24(20,21)15-10-11-5-3-4-6-11/h7-9,11,15H,3-6,10H2,1-2H3. The van der Waals surface area contributed by atoms with E-state index in [-0.39, 0.29) is 17.4 Å².